The molecule has 0 saturated carbocycles. The van der Waals surface area contributed by atoms with E-state index in [4.69, 9.17) is 0 Å². The van der Waals surface area contributed by atoms with Crippen molar-refractivity contribution in [3.05, 3.63) is 35.1 Å². The molecule has 1 unspecified atom stereocenters. The lowest BCUT2D eigenvalue weighted by molar-refractivity contribution is 0.147. The standard InChI is InChI=1S/C15H23FN2O2/c1-10(2)6-13(19)9-18-15(20)17-8-12-5-4-11(3)14(16)7-12/h4-5,7,10,13,19H,6,8-9H2,1-3H3,(H2,17,18,20). The van der Waals surface area contributed by atoms with E-state index in [1.807, 2.05) is 13.8 Å². The molecule has 1 atom stereocenters. The van der Waals surface area contributed by atoms with Gasteiger partial charge in [-0.25, -0.2) is 9.18 Å². The van der Waals surface area contributed by atoms with Crippen molar-refractivity contribution >= 4 is 6.03 Å². The minimum Gasteiger partial charge on any atom is -0.391 e. The summed E-state index contributed by atoms with van der Waals surface area (Å²) in [5, 5.41) is 14.8. The lowest BCUT2D eigenvalue weighted by atomic mass is 10.1. The van der Waals surface area contributed by atoms with Gasteiger partial charge in [-0.3, -0.25) is 0 Å². The fourth-order valence-electron chi connectivity index (χ4n) is 1.83. The zero-order valence-electron chi connectivity index (χ0n) is 12.2. The van der Waals surface area contributed by atoms with Gasteiger partial charge in [0, 0.05) is 13.1 Å². The molecule has 0 saturated heterocycles. The van der Waals surface area contributed by atoms with E-state index >= 15 is 0 Å². The maximum Gasteiger partial charge on any atom is 0.315 e. The Morgan fingerprint density at radius 2 is 2.05 bits per heavy atom. The average Bonchev–Trinajstić information content (AvgIpc) is 2.37. The fraction of sp³-hybridized carbons (Fsp3) is 0.533. The van der Waals surface area contributed by atoms with Crippen molar-refractivity contribution < 1.29 is 14.3 Å². The lowest BCUT2D eigenvalue weighted by Gasteiger charge is -2.14. The molecule has 5 heteroatoms. The molecule has 0 aromatic heterocycles. The summed E-state index contributed by atoms with van der Waals surface area (Å²) >= 11 is 0. The summed E-state index contributed by atoms with van der Waals surface area (Å²) in [4.78, 5) is 11.5. The Balaban J connectivity index is 2.31. The Bertz CT molecular complexity index is 449. The van der Waals surface area contributed by atoms with Crippen LogP contribution in [-0.2, 0) is 6.54 Å². The van der Waals surface area contributed by atoms with Crippen LogP contribution in [0.3, 0.4) is 0 Å². The predicted molar refractivity (Wildman–Crippen MR) is 76.8 cm³/mol. The van der Waals surface area contributed by atoms with Crippen LogP contribution >= 0.6 is 0 Å². The molecule has 1 aromatic carbocycles. The van der Waals surface area contributed by atoms with Crippen LogP contribution in [0.15, 0.2) is 18.2 Å². The minimum atomic E-state index is -0.544. The van der Waals surface area contributed by atoms with E-state index in [0.29, 0.717) is 23.5 Å². The van der Waals surface area contributed by atoms with Crippen molar-refractivity contribution in [1.29, 1.82) is 0 Å². The van der Waals surface area contributed by atoms with Crippen LogP contribution in [0.25, 0.3) is 0 Å². The van der Waals surface area contributed by atoms with E-state index in [9.17, 15) is 14.3 Å². The number of benzene rings is 1. The van der Waals surface area contributed by atoms with Crippen molar-refractivity contribution in [2.24, 2.45) is 5.92 Å². The van der Waals surface area contributed by atoms with Gasteiger partial charge in [0.2, 0.25) is 0 Å². The second kappa shape index (κ2) is 7.85. The molecule has 3 N–H and O–H groups in total. The Labute approximate surface area is 119 Å². The molecule has 4 nitrogen and oxygen atoms in total. The summed E-state index contributed by atoms with van der Waals surface area (Å²) in [5.74, 6) is 0.0995. The first-order valence-electron chi connectivity index (χ1n) is 6.83. The van der Waals surface area contributed by atoms with E-state index in [1.165, 1.54) is 6.07 Å². The van der Waals surface area contributed by atoms with Gasteiger partial charge in [0.1, 0.15) is 5.82 Å². The molecule has 0 aliphatic carbocycles. The maximum absolute atomic E-state index is 13.3. The third-order valence-electron chi connectivity index (χ3n) is 2.93. The number of aryl methyl sites for hydroxylation is 1. The summed E-state index contributed by atoms with van der Waals surface area (Å²) in [6.45, 7) is 6.18. The summed E-state index contributed by atoms with van der Waals surface area (Å²) in [6.07, 6.45) is 0.0984. The quantitative estimate of drug-likeness (QED) is 0.750. The van der Waals surface area contributed by atoms with Crippen LogP contribution < -0.4 is 10.6 Å². The van der Waals surface area contributed by atoms with Gasteiger partial charge < -0.3 is 15.7 Å². The first kappa shape index (κ1) is 16.4. The van der Waals surface area contributed by atoms with E-state index < -0.39 is 6.10 Å². The zero-order chi connectivity index (χ0) is 15.1. The van der Waals surface area contributed by atoms with Gasteiger partial charge >= 0.3 is 6.03 Å². The van der Waals surface area contributed by atoms with Crippen LogP contribution in [0.2, 0.25) is 0 Å². The number of urea groups is 1. The first-order chi connectivity index (χ1) is 9.38. The summed E-state index contributed by atoms with van der Waals surface area (Å²) in [5.41, 5.74) is 1.28. The molecule has 0 spiro atoms. The Morgan fingerprint density at radius 3 is 2.65 bits per heavy atom. The van der Waals surface area contributed by atoms with Crippen LogP contribution in [-0.4, -0.2) is 23.8 Å². The molecule has 0 fully saturated rings. The minimum absolute atomic E-state index is 0.215. The van der Waals surface area contributed by atoms with Crippen molar-refractivity contribution in [2.45, 2.75) is 39.8 Å². The molecule has 0 aliphatic heterocycles. The third kappa shape index (κ3) is 6.02. The van der Waals surface area contributed by atoms with Gasteiger partial charge in [0.15, 0.2) is 0 Å². The molecule has 20 heavy (non-hydrogen) atoms. The highest BCUT2D eigenvalue weighted by Crippen LogP contribution is 2.08. The largest absolute Gasteiger partial charge is 0.391 e. The molecule has 0 bridgehead atoms. The molecule has 1 aromatic rings. The van der Waals surface area contributed by atoms with Gasteiger partial charge in [0.25, 0.3) is 0 Å². The number of hydrogen-bond donors (Lipinski definition) is 3. The highest BCUT2D eigenvalue weighted by molar-refractivity contribution is 5.73. The molecule has 0 radical (unpaired) electrons. The van der Waals surface area contributed by atoms with Crippen LogP contribution in [0.1, 0.15) is 31.4 Å². The van der Waals surface area contributed by atoms with Crippen molar-refractivity contribution in [2.75, 3.05) is 6.54 Å². The molecular weight excluding hydrogens is 259 g/mol. The van der Waals surface area contributed by atoms with Gasteiger partial charge in [-0.1, -0.05) is 26.0 Å². The summed E-state index contributed by atoms with van der Waals surface area (Å²) in [7, 11) is 0. The normalized spacial score (nSPS) is 12.3. The number of hydrogen-bond acceptors (Lipinski definition) is 2. The Morgan fingerprint density at radius 1 is 1.35 bits per heavy atom. The topological polar surface area (TPSA) is 61.4 Å². The second-order valence-electron chi connectivity index (χ2n) is 5.43. The molecule has 0 aliphatic rings. The molecular formula is C15H23FN2O2. The highest BCUT2D eigenvalue weighted by atomic mass is 19.1. The number of aliphatic hydroxyl groups excluding tert-OH is 1. The van der Waals surface area contributed by atoms with Crippen LogP contribution in [0.4, 0.5) is 9.18 Å². The number of carbonyl (C=O) groups is 1. The predicted octanol–water partition coefficient (Wildman–Crippen LogP) is 2.34. The third-order valence-corrected chi connectivity index (χ3v) is 2.93. The molecule has 2 amide bonds. The molecule has 1 rings (SSSR count). The number of rotatable bonds is 6. The summed E-state index contributed by atoms with van der Waals surface area (Å²) < 4.78 is 13.3. The molecule has 112 valence electrons. The smallest absolute Gasteiger partial charge is 0.315 e. The first-order valence-corrected chi connectivity index (χ1v) is 6.83. The number of amides is 2. The van der Waals surface area contributed by atoms with Crippen molar-refractivity contribution in [1.82, 2.24) is 10.6 Å². The van der Waals surface area contributed by atoms with Crippen molar-refractivity contribution in [3.8, 4) is 0 Å². The highest BCUT2D eigenvalue weighted by Gasteiger charge is 2.09. The van der Waals surface area contributed by atoms with E-state index in [0.717, 1.165) is 0 Å². The average molecular weight is 282 g/mol. The van der Waals surface area contributed by atoms with Crippen molar-refractivity contribution in [3.63, 3.8) is 0 Å². The Kier molecular flexibility index (Phi) is 6.45. The second-order valence-corrected chi connectivity index (χ2v) is 5.43. The lowest BCUT2D eigenvalue weighted by Crippen LogP contribution is -2.39. The number of aliphatic hydroxyl groups is 1. The van der Waals surface area contributed by atoms with Gasteiger partial charge in [0.05, 0.1) is 6.10 Å². The van der Waals surface area contributed by atoms with Gasteiger partial charge in [-0.15, -0.1) is 0 Å². The SMILES string of the molecule is Cc1ccc(CNC(=O)NCC(O)CC(C)C)cc1F. The monoisotopic (exact) mass is 282 g/mol. The van der Waals surface area contributed by atoms with Gasteiger partial charge in [-0.2, -0.15) is 0 Å². The number of carbonyl (C=O) groups excluding carboxylic acids is 1. The summed E-state index contributed by atoms with van der Waals surface area (Å²) in [6, 6.07) is 4.49. The maximum atomic E-state index is 13.3. The molecule has 0 heterocycles. The Hall–Kier alpha value is -1.62. The fourth-order valence-corrected chi connectivity index (χ4v) is 1.83. The van der Waals surface area contributed by atoms with Gasteiger partial charge in [-0.05, 0) is 36.5 Å². The van der Waals surface area contributed by atoms with Crippen LogP contribution in [0, 0.1) is 18.7 Å². The number of nitrogens with one attached hydrogen (secondary N) is 2. The zero-order valence-corrected chi connectivity index (χ0v) is 12.2. The van der Waals surface area contributed by atoms with E-state index in [1.54, 1.807) is 19.1 Å². The van der Waals surface area contributed by atoms with E-state index in [2.05, 4.69) is 10.6 Å². The number of halogens is 1. The van der Waals surface area contributed by atoms with Crippen LogP contribution in [0.5, 0.6) is 0 Å². The van der Waals surface area contributed by atoms with E-state index in [-0.39, 0.29) is 24.9 Å².